The fourth-order valence-electron chi connectivity index (χ4n) is 3.78. The second-order valence-corrected chi connectivity index (χ2v) is 9.77. The maximum absolute atomic E-state index is 12.9. The Morgan fingerprint density at radius 1 is 1.37 bits per heavy atom. The van der Waals surface area contributed by atoms with Crippen molar-refractivity contribution in [2.45, 2.75) is 18.0 Å². The number of nitrogens with two attached hydrogens (primary N) is 1. The number of allylic oxidation sites excluding steroid dienone is 2. The number of hydrogen-bond acceptors (Lipinski definition) is 11. The topological polar surface area (TPSA) is 193 Å². The molecule has 0 aliphatic carbocycles. The Kier molecular flexibility index (Phi) is 8.02. The first-order valence-corrected chi connectivity index (χ1v) is 12.9. The number of thioether (sulfide) groups is 1. The zero-order valence-corrected chi connectivity index (χ0v) is 21.8. The van der Waals surface area contributed by atoms with E-state index < -0.39 is 29.2 Å². The van der Waals surface area contributed by atoms with E-state index in [1.54, 1.807) is 43.7 Å². The summed E-state index contributed by atoms with van der Waals surface area (Å²) < 4.78 is 5.75. The number of aromatic nitrogens is 3. The molecule has 0 saturated carbocycles. The highest BCUT2D eigenvalue weighted by molar-refractivity contribution is 8.00. The Balaban J connectivity index is 1.46. The second kappa shape index (κ2) is 11.4. The number of nitrogens with zero attached hydrogens (tertiary/aromatic N) is 5. The number of fused-ring (bicyclic) bond motifs is 1. The van der Waals surface area contributed by atoms with Gasteiger partial charge in [0.2, 0.25) is 11.5 Å². The van der Waals surface area contributed by atoms with Crippen LogP contribution in [0.4, 0.5) is 5.13 Å². The monoisotopic (exact) mass is 559 g/mol. The van der Waals surface area contributed by atoms with Crippen LogP contribution in [0.25, 0.3) is 0 Å². The molecule has 198 valence electrons. The molecule has 1 saturated heterocycles. The molecule has 2 aromatic rings. The Labute approximate surface area is 224 Å². The summed E-state index contributed by atoms with van der Waals surface area (Å²) in [4.78, 5) is 59.3. The first-order chi connectivity index (χ1) is 18.2. The molecule has 2 aliphatic heterocycles. The van der Waals surface area contributed by atoms with Crippen molar-refractivity contribution in [3.8, 4) is 0 Å². The minimum absolute atomic E-state index is 0.0496. The molecule has 0 bridgehead atoms. The van der Waals surface area contributed by atoms with E-state index in [4.69, 9.17) is 10.6 Å². The fraction of sp³-hybridized carbons (Fsp3) is 0.273. The van der Waals surface area contributed by atoms with Crippen molar-refractivity contribution < 1.29 is 33.7 Å². The molecule has 2 aliphatic rings. The van der Waals surface area contributed by atoms with E-state index in [0.717, 1.165) is 11.5 Å². The van der Waals surface area contributed by atoms with Crippen molar-refractivity contribution in [3.05, 3.63) is 59.3 Å². The quantitative estimate of drug-likeness (QED) is 0.130. The molecule has 4 heterocycles. The number of aliphatic carboxylic acids is 1. The lowest BCUT2D eigenvalue weighted by molar-refractivity contribution is -0.687. The predicted molar refractivity (Wildman–Crippen MR) is 137 cm³/mol. The molecule has 14 nitrogen and oxygen atoms in total. The van der Waals surface area contributed by atoms with Gasteiger partial charge in [-0.05, 0) is 11.6 Å². The summed E-state index contributed by atoms with van der Waals surface area (Å²) >= 11 is 2.19. The molecule has 16 heteroatoms. The first-order valence-electron chi connectivity index (χ1n) is 11.1. The van der Waals surface area contributed by atoms with Gasteiger partial charge in [0, 0.05) is 36.5 Å². The summed E-state index contributed by atoms with van der Waals surface area (Å²) in [5.41, 5.74) is 6.16. The van der Waals surface area contributed by atoms with Gasteiger partial charge >= 0.3 is 5.97 Å². The van der Waals surface area contributed by atoms with Crippen molar-refractivity contribution in [2.24, 2.45) is 5.16 Å². The van der Waals surface area contributed by atoms with E-state index in [-0.39, 0.29) is 28.3 Å². The Hall–Kier alpha value is -4.31. The van der Waals surface area contributed by atoms with Gasteiger partial charge in [-0.1, -0.05) is 11.2 Å². The number of nitrogens with one attached hydrogen (secondary N) is 2. The molecule has 38 heavy (non-hydrogen) atoms. The van der Waals surface area contributed by atoms with Crippen LogP contribution in [0, 0.1) is 0 Å². The van der Waals surface area contributed by atoms with Crippen LogP contribution < -0.4 is 20.9 Å². The maximum atomic E-state index is 12.9. The van der Waals surface area contributed by atoms with Crippen LogP contribution >= 0.6 is 23.3 Å². The SMILES string of the molecule is CNC(=O)c1cc[n+](CC=CC2=C(C(=O)O)N3C(=O)C(NC(=O)/C(=N\OC)c4nsc(N)n4)[C@@H]3SC2)cc1. The first kappa shape index (κ1) is 26.7. The van der Waals surface area contributed by atoms with Crippen molar-refractivity contribution >= 4 is 57.8 Å². The van der Waals surface area contributed by atoms with Gasteiger partial charge in [-0.25, -0.2) is 9.36 Å². The molecule has 1 fully saturated rings. The van der Waals surface area contributed by atoms with Crippen LogP contribution in [0.5, 0.6) is 0 Å². The van der Waals surface area contributed by atoms with Crippen LogP contribution in [-0.2, 0) is 25.8 Å². The molecule has 2 atom stereocenters. The third-order valence-electron chi connectivity index (χ3n) is 5.55. The van der Waals surface area contributed by atoms with Gasteiger partial charge in [0.1, 0.15) is 24.2 Å². The summed E-state index contributed by atoms with van der Waals surface area (Å²) in [5.74, 6) is -2.51. The number of hydrogen-bond donors (Lipinski definition) is 4. The number of oxime groups is 1. The Morgan fingerprint density at radius 2 is 2.11 bits per heavy atom. The van der Waals surface area contributed by atoms with E-state index in [1.165, 1.54) is 23.8 Å². The highest BCUT2D eigenvalue weighted by Crippen LogP contribution is 2.40. The number of nitrogen functional groups attached to an aromatic ring is 1. The molecule has 1 unspecified atom stereocenters. The predicted octanol–water partition coefficient (Wildman–Crippen LogP) is -0.887. The number of carbonyl (C=O) groups excluding carboxylic acids is 3. The number of amides is 3. The maximum Gasteiger partial charge on any atom is 0.352 e. The van der Waals surface area contributed by atoms with Crippen molar-refractivity contribution in [2.75, 3.05) is 25.6 Å². The van der Waals surface area contributed by atoms with Crippen molar-refractivity contribution in [1.82, 2.24) is 24.9 Å². The van der Waals surface area contributed by atoms with Crippen LogP contribution in [0.2, 0.25) is 0 Å². The average molecular weight is 560 g/mol. The molecule has 5 N–H and O–H groups in total. The summed E-state index contributed by atoms with van der Waals surface area (Å²) in [6.45, 7) is 0.419. The normalized spacial score (nSPS) is 19.2. The lowest BCUT2D eigenvalue weighted by Gasteiger charge is -2.49. The van der Waals surface area contributed by atoms with E-state index in [2.05, 4.69) is 25.1 Å². The number of anilines is 1. The molecule has 0 radical (unpaired) electrons. The fourth-order valence-corrected chi connectivity index (χ4v) is 5.53. The molecule has 0 aromatic carbocycles. The van der Waals surface area contributed by atoms with Gasteiger partial charge in [-0.3, -0.25) is 19.3 Å². The highest BCUT2D eigenvalue weighted by atomic mass is 32.2. The van der Waals surface area contributed by atoms with Crippen molar-refractivity contribution in [3.63, 3.8) is 0 Å². The van der Waals surface area contributed by atoms with Crippen LogP contribution in [0.15, 0.2) is 53.1 Å². The third-order valence-corrected chi connectivity index (χ3v) is 7.40. The second-order valence-electron chi connectivity index (χ2n) is 7.88. The number of β-lactam (4-membered cyclic amide) rings is 1. The van der Waals surface area contributed by atoms with Gasteiger partial charge in [0.25, 0.3) is 17.7 Å². The highest BCUT2D eigenvalue weighted by Gasteiger charge is 2.54. The summed E-state index contributed by atoms with van der Waals surface area (Å²) in [7, 11) is 2.79. The molecule has 4 rings (SSSR count). The van der Waals surface area contributed by atoms with Gasteiger partial charge in [0.15, 0.2) is 24.1 Å². The third kappa shape index (κ3) is 5.35. The molecular formula is C22H23N8O6S2+. The van der Waals surface area contributed by atoms with Gasteiger partial charge < -0.3 is 26.3 Å². The lowest BCUT2D eigenvalue weighted by atomic mass is 10.0. The summed E-state index contributed by atoms with van der Waals surface area (Å²) in [6, 6.07) is 2.37. The Bertz CT molecular complexity index is 1370. The minimum atomic E-state index is -1.25. The summed E-state index contributed by atoms with van der Waals surface area (Å²) in [5, 5.41) is 18.1. The van der Waals surface area contributed by atoms with Crippen LogP contribution in [0.1, 0.15) is 16.2 Å². The minimum Gasteiger partial charge on any atom is -0.477 e. The largest absolute Gasteiger partial charge is 0.477 e. The van der Waals surface area contributed by atoms with E-state index >= 15 is 0 Å². The molecule has 2 aromatic heterocycles. The van der Waals surface area contributed by atoms with Gasteiger partial charge in [0.05, 0.1) is 5.56 Å². The van der Waals surface area contributed by atoms with E-state index in [9.17, 15) is 24.3 Å². The standard InChI is InChI=1S/C22H22N8O6S2/c1-24-17(31)11-5-8-29(9-6-11)7-3-4-12-10-37-20-14(19(33)30(20)15(12)21(34)35)25-18(32)13(27-36-2)16-26-22(23)38-28-16/h3-6,8-9,14,20H,7,10H2,1-2H3,(H4-,23,24,25,26,28,31,32,34,35)/p+1/b4-3?,27-13-/t14?,20-/m0/s1. The average Bonchev–Trinajstić information content (AvgIpc) is 3.35. The number of pyridine rings is 1. The van der Waals surface area contributed by atoms with Crippen molar-refractivity contribution in [1.29, 1.82) is 0 Å². The Morgan fingerprint density at radius 3 is 2.71 bits per heavy atom. The van der Waals surface area contributed by atoms with Gasteiger partial charge in [-0.15, -0.1) is 11.8 Å². The molecule has 0 spiro atoms. The smallest absolute Gasteiger partial charge is 0.352 e. The molecular weight excluding hydrogens is 536 g/mol. The van der Waals surface area contributed by atoms with Gasteiger partial charge in [-0.2, -0.15) is 9.36 Å². The van der Waals surface area contributed by atoms with E-state index in [0.29, 0.717) is 23.4 Å². The number of carboxylic acid groups (broad SMARTS) is 1. The summed E-state index contributed by atoms with van der Waals surface area (Å²) in [6.07, 6.45) is 6.89. The van der Waals surface area contributed by atoms with E-state index in [1.807, 2.05) is 4.57 Å². The zero-order valence-electron chi connectivity index (χ0n) is 20.2. The number of carboxylic acids is 1. The van der Waals surface area contributed by atoms with Crippen LogP contribution in [-0.4, -0.2) is 80.1 Å². The van der Waals surface area contributed by atoms with Crippen LogP contribution in [0.3, 0.4) is 0 Å². The number of rotatable bonds is 9. The molecule has 3 amide bonds. The number of carbonyl (C=O) groups is 4. The zero-order chi connectivity index (χ0) is 27.4. The lowest BCUT2D eigenvalue weighted by Crippen LogP contribution is -2.71.